The zero-order chi connectivity index (χ0) is 17.3. The maximum absolute atomic E-state index is 12.4. The second-order valence-electron chi connectivity index (χ2n) is 4.99. The summed E-state index contributed by atoms with van der Waals surface area (Å²) >= 11 is 5.92. The fraction of sp³-hybridized carbons (Fsp3) is 0.118. The minimum Gasteiger partial charge on any atom is -0.493 e. The average molecular weight is 352 g/mol. The van der Waals surface area contributed by atoms with Crippen LogP contribution in [-0.4, -0.2) is 19.6 Å². The minimum atomic E-state index is -2.94. The molecule has 0 fully saturated rings. The van der Waals surface area contributed by atoms with E-state index in [1.165, 1.54) is 19.2 Å². The quantitative estimate of drug-likeness (QED) is 0.828. The number of fused-ring (bicyclic) bond motifs is 1. The summed E-state index contributed by atoms with van der Waals surface area (Å²) in [6.45, 7) is -2.94. The lowest BCUT2D eigenvalue weighted by atomic mass is 10.0. The molecule has 2 aromatic carbocycles. The summed E-state index contributed by atoms with van der Waals surface area (Å²) in [6.07, 6.45) is 1.64. The molecule has 4 nitrogen and oxygen atoms in total. The molecule has 1 amide bonds. The number of ether oxygens (including phenoxy) is 2. The highest BCUT2D eigenvalue weighted by Gasteiger charge is 2.24. The first-order valence-electron chi connectivity index (χ1n) is 6.94. The first-order valence-corrected chi connectivity index (χ1v) is 7.31. The van der Waals surface area contributed by atoms with Gasteiger partial charge >= 0.3 is 6.61 Å². The third-order valence-corrected chi connectivity index (χ3v) is 3.71. The third-order valence-electron chi connectivity index (χ3n) is 3.48. The summed E-state index contributed by atoms with van der Waals surface area (Å²) in [4.78, 5) is 12.1. The molecule has 0 atom stereocenters. The Bertz CT molecular complexity index is 837. The van der Waals surface area contributed by atoms with Crippen LogP contribution >= 0.6 is 11.6 Å². The first kappa shape index (κ1) is 16.3. The van der Waals surface area contributed by atoms with Gasteiger partial charge in [-0.05, 0) is 35.9 Å². The Morgan fingerprint density at radius 3 is 2.67 bits per heavy atom. The number of hydrogen-bond acceptors (Lipinski definition) is 3. The maximum atomic E-state index is 12.4. The van der Waals surface area contributed by atoms with Crippen molar-refractivity contribution in [3.63, 3.8) is 0 Å². The van der Waals surface area contributed by atoms with Crippen molar-refractivity contribution in [1.82, 2.24) is 0 Å². The number of carbonyl (C=O) groups is 1. The molecule has 1 aliphatic heterocycles. The van der Waals surface area contributed by atoms with Gasteiger partial charge in [-0.25, -0.2) is 0 Å². The smallest absolute Gasteiger partial charge is 0.387 e. The van der Waals surface area contributed by atoms with Gasteiger partial charge in [-0.15, -0.1) is 0 Å². The molecule has 0 aliphatic carbocycles. The second kappa shape index (κ2) is 6.49. The molecule has 0 radical (unpaired) electrons. The lowest BCUT2D eigenvalue weighted by Crippen LogP contribution is -2.04. The summed E-state index contributed by atoms with van der Waals surface area (Å²) in [5, 5.41) is 3.25. The number of rotatable bonds is 4. The number of nitrogens with one attached hydrogen (secondary N) is 1. The Morgan fingerprint density at radius 1 is 1.17 bits per heavy atom. The second-order valence-corrected chi connectivity index (χ2v) is 5.43. The van der Waals surface area contributed by atoms with Crippen LogP contribution in [0.25, 0.3) is 11.6 Å². The van der Waals surface area contributed by atoms with Gasteiger partial charge in [0.25, 0.3) is 5.91 Å². The lowest BCUT2D eigenvalue weighted by Gasteiger charge is -2.10. The van der Waals surface area contributed by atoms with E-state index in [0.29, 0.717) is 21.8 Å². The molecule has 1 aliphatic rings. The van der Waals surface area contributed by atoms with Gasteiger partial charge in [-0.1, -0.05) is 23.7 Å². The van der Waals surface area contributed by atoms with Crippen LogP contribution < -0.4 is 14.8 Å². The molecule has 2 aromatic rings. The lowest BCUT2D eigenvalue weighted by molar-refractivity contribution is -0.110. The average Bonchev–Trinajstić information content (AvgIpc) is 2.83. The van der Waals surface area contributed by atoms with Crippen molar-refractivity contribution in [1.29, 1.82) is 0 Å². The van der Waals surface area contributed by atoms with Crippen molar-refractivity contribution < 1.29 is 23.0 Å². The predicted molar refractivity (Wildman–Crippen MR) is 87.6 cm³/mol. The fourth-order valence-electron chi connectivity index (χ4n) is 2.44. The summed E-state index contributed by atoms with van der Waals surface area (Å²) in [5.41, 5.74) is 2.41. The molecular weight excluding hydrogens is 340 g/mol. The Balaban J connectivity index is 1.99. The van der Waals surface area contributed by atoms with Crippen molar-refractivity contribution in [2.45, 2.75) is 6.61 Å². The predicted octanol–water partition coefficient (Wildman–Crippen LogP) is 4.44. The summed E-state index contributed by atoms with van der Waals surface area (Å²) in [6, 6.07) is 9.55. The normalized spacial score (nSPS) is 14.7. The molecule has 3 rings (SSSR count). The summed E-state index contributed by atoms with van der Waals surface area (Å²) in [5.74, 6) is -0.184. The number of alkyl halides is 2. The van der Waals surface area contributed by atoms with E-state index in [1.807, 2.05) is 0 Å². The molecule has 0 unspecified atom stereocenters. The monoisotopic (exact) mass is 351 g/mol. The van der Waals surface area contributed by atoms with Crippen molar-refractivity contribution in [2.75, 3.05) is 12.4 Å². The van der Waals surface area contributed by atoms with Crippen LogP contribution in [0, 0.1) is 0 Å². The Morgan fingerprint density at radius 2 is 1.96 bits per heavy atom. The van der Waals surface area contributed by atoms with Gasteiger partial charge in [0.05, 0.1) is 12.8 Å². The number of anilines is 1. The van der Waals surface area contributed by atoms with Crippen molar-refractivity contribution in [3.8, 4) is 11.5 Å². The molecule has 1 heterocycles. The molecule has 7 heteroatoms. The SMILES string of the molecule is COc1cc(/C=C2\C(=O)Nc3cc(Cl)ccc32)ccc1OC(F)F. The van der Waals surface area contributed by atoms with Crippen LogP contribution in [0.5, 0.6) is 11.5 Å². The van der Waals surface area contributed by atoms with Gasteiger partial charge in [0.15, 0.2) is 11.5 Å². The largest absolute Gasteiger partial charge is 0.493 e. The highest BCUT2D eigenvalue weighted by atomic mass is 35.5. The Hall–Kier alpha value is -2.60. The fourth-order valence-corrected chi connectivity index (χ4v) is 2.62. The van der Waals surface area contributed by atoms with E-state index in [0.717, 1.165) is 5.56 Å². The van der Waals surface area contributed by atoms with Gasteiger partial charge in [0.2, 0.25) is 0 Å². The van der Waals surface area contributed by atoms with Crippen LogP contribution in [-0.2, 0) is 4.79 Å². The van der Waals surface area contributed by atoms with Crippen LogP contribution in [0.3, 0.4) is 0 Å². The van der Waals surface area contributed by atoms with Crippen molar-refractivity contribution in [3.05, 3.63) is 52.5 Å². The minimum absolute atomic E-state index is 0.0716. The van der Waals surface area contributed by atoms with E-state index in [-0.39, 0.29) is 17.4 Å². The van der Waals surface area contributed by atoms with E-state index >= 15 is 0 Å². The van der Waals surface area contributed by atoms with Crippen LogP contribution in [0.15, 0.2) is 36.4 Å². The zero-order valence-corrected chi connectivity index (χ0v) is 13.2. The number of halogens is 3. The highest BCUT2D eigenvalue weighted by Crippen LogP contribution is 2.36. The van der Waals surface area contributed by atoms with E-state index in [9.17, 15) is 13.6 Å². The van der Waals surface area contributed by atoms with Crippen LogP contribution in [0.4, 0.5) is 14.5 Å². The molecule has 124 valence electrons. The van der Waals surface area contributed by atoms with Crippen molar-refractivity contribution in [2.24, 2.45) is 0 Å². The van der Waals surface area contributed by atoms with E-state index < -0.39 is 6.61 Å². The number of hydrogen-bond donors (Lipinski definition) is 1. The van der Waals surface area contributed by atoms with Crippen LogP contribution in [0.1, 0.15) is 11.1 Å². The molecular formula is C17H12ClF2NO3. The van der Waals surface area contributed by atoms with Gasteiger partial charge < -0.3 is 14.8 Å². The van der Waals surface area contributed by atoms with Gasteiger partial charge in [0.1, 0.15) is 0 Å². The number of carbonyl (C=O) groups excluding carboxylic acids is 1. The topological polar surface area (TPSA) is 47.6 Å². The Labute approximate surface area is 141 Å². The van der Waals surface area contributed by atoms with Gasteiger partial charge in [-0.2, -0.15) is 8.78 Å². The standard InChI is InChI=1S/C17H12ClF2NO3/c1-23-15-7-9(2-5-14(15)24-17(19)20)6-12-11-4-3-10(18)8-13(11)21-16(12)22/h2-8,17H,1H3,(H,21,22)/b12-6-. The first-order chi connectivity index (χ1) is 11.5. The maximum Gasteiger partial charge on any atom is 0.387 e. The third kappa shape index (κ3) is 3.19. The highest BCUT2D eigenvalue weighted by molar-refractivity contribution is 6.36. The molecule has 0 saturated carbocycles. The number of benzene rings is 2. The van der Waals surface area contributed by atoms with E-state index in [4.69, 9.17) is 16.3 Å². The summed E-state index contributed by atoms with van der Waals surface area (Å²) < 4.78 is 34.2. The number of methoxy groups -OCH3 is 1. The van der Waals surface area contributed by atoms with E-state index in [2.05, 4.69) is 10.1 Å². The molecule has 0 saturated heterocycles. The summed E-state index contributed by atoms with van der Waals surface area (Å²) in [7, 11) is 1.35. The zero-order valence-electron chi connectivity index (χ0n) is 12.5. The van der Waals surface area contributed by atoms with E-state index in [1.54, 1.807) is 30.3 Å². The molecule has 0 spiro atoms. The van der Waals surface area contributed by atoms with Gasteiger partial charge in [-0.3, -0.25) is 4.79 Å². The molecule has 1 N–H and O–H groups in total. The van der Waals surface area contributed by atoms with Crippen LogP contribution in [0.2, 0.25) is 5.02 Å². The van der Waals surface area contributed by atoms with Crippen molar-refractivity contribution >= 4 is 34.8 Å². The Kier molecular flexibility index (Phi) is 4.40. The molecule has 0 aromatic heterocycles. The molecule has 24 heavy (non-hydrogen) atoms. The van der Waals surface area contributed by atoms with Gasteiger partial charge in [0, 0.05) is 16.2 Å². The molecule has 0 bridgehead atoms. The number of amides is 1.